The molecule has 6 nitrogen and oxygen atoms in total. The number of carboxylic acid groups (broad SMARTS) is 1. The van der Waals surface area contributed by atoms with Gasteiger partial charge in [-0.2, -0.15) is 0 Å². The quantitative estimate of drug-likeness (QED) is 0.889. The van der Waals surface area contributed by atoms with Gasteiger partial charge in [0.1, 0.15) is 0 Å². The molecule has 122 valence electrons. The van der Waals surface area contributed by atoms with Crippen LogP contribution in [0.4, 0.5) is 5.69 Å². The number of rotatable bonds is 4. The molecule has 1 aliphatic heterocycles. The molecule has 1 atom stereocenters. The smallest absolute Gasteiger partial charge is 0.335 e. The van der Waals surface area contributed by atoms with Crippen LogP contribution in [0.5, 0.6) is 0 Å². The molecule has 6 heteroatoms. The molecule has 1 heterocycles. The highest BCUT2D eigenvalue weighted by Gasteiger charge is 2.36. The Morgan fingerprint density at radius 1 is 1.04 bits per heavy atom. The average molecular weight is 316 g/mol. The minimum Gasteiger partial charge on any atom is -0.478 e. The third kappa shape index (κ3) is 3.70. The summed E-state index contributed by atoms with van der Waals surface area (Å²) in [5.74, 6) is -0.940. The second-order valence-electron chi connectivity index (χ2n) is 6.27. The summed E-state index contributed by atoms with van der Waals surface area (Å²) in [4.78, 5) is 37.1. The van der Waals surface area contributed by atoms with Crippen molar-refractivity contribution in [2.24, 2.45) is 11.8 Å². The number of piperidine rings is 1. The number of amides is 2. The molecule has 0 radical (unpaired) electrons. The highest BCUT2D eigenvalue weighted by atomic mass is 16.4. The summed E-state index contributed by atoms with van der Waals surface area (Å²) in [5, 5.41) is 11.7. The van der Waals surface area contributed by atoms with Crippen LogP contribution in [-0.4, -0.2) is 40.9 Å². The largest absolute Gasteiger partial charge is 0.478 e. The number of hydrogen-bond donors (Lipinski definition) is 2. The number of nitrogens with one attached hydrogen (secondary N) is 1. The fraction of sp³-hybridized carbons (Fsp3) is 0.471. The van der Waals surface area contributed by atoms with Crippen molar-refractivity contribution in [3.63, 3.8) is 0 Å². The van der Waals surface area contributed by atoms with E-state index >= 15 is 0 Å². The van der Waals surface area contributed by atoms with Gasteiger partial charge in [-0.1, -0.05) is 0 Å². The Kier molecular flexibility index (Phi) is 4.32. The van der Waals surface area contributed by atoms with Gasteiger partial charge in [0.25, 0.3) is 0 Å². The van der Waals surface area contributed by atoms with E-state index in [1.165, 1.54) is 12.1 Å². The van der Waals surface area contributed by atoms with Crippen LogP contribution in [0.1, 0.15) is 36.0 Å². The highest BCUT2D eigenvalue weighted by Crippen LogP contribution is 2.32. The topological polar surface area (TPSA) is 86.7 Å². The number of likely N-dealkylation sites (tertiary alicyclic amines) is 1. The lowest BCUT2D eigenvalue weighted by atomic mass is 9.96. The molecule has 2 aliphatic rings. The van der Waals surface area contributed by atoms with E-state index in [9.17, 15) is 14.4 Å². The molecule has 1 saturated carbocycles. The number of anilines is 1. The molecule has 1 aromatic rings. The molecule has 1 saturated heterocycles. The normalized spacial score (nSPS) is 20.9. The Bertz CT molecular complexity index is 622. The first-order chi connectivity index (χ1) is 11.0. The zero-order chi connectivity index (χ0) is 16.4. The molecule has 3 rings (SSSR count). The molecule has 0 spiro atoms. The summed E-state index contributed by atoms with van der Waals surface area (Å²) < 4.78 is 0. The van der Waals surface area contributed by atoms with Crippen molar-refractivity contribution in [2.45, 2.75) is 25.7 Å². The maximum absolute atomic E-state index is 12.4. The standard InChI is InChI=1S/C17H20N2O4/c20-15(18-14-7-5-12(6-8-14)17(22)23)13-2-1-9-19(10-13)16(21)11-3-4-11/h5-8,11,13H,1-4,9-10H2,(H,18,20)(H,22,23). The third-order valence-corrected chi connectivity index (χ3v) is 4.43. The number of nitrogens with zero attached hydrogens (tertiary/aromatic N) is 1. The summed E-state index contributed by atoms with van der Waals surface area (Å²) >= 11 is 0. The van der Waals surface area contributed by atoms with E-state index in [1.807, 2.05) is 4.90 Å². The van der Waals surface area contributed by atoms with Crippen LogP contribution in [-0.2, 0) is 9.59 Å². The van der Waals surface area contributed by atoms with E-state index in [2.05, 4.69) is 5.32 Å². The van der Waals surface area contributed by atoms with E-state index in [0.717, 1.165) is 32.2 Å². The van der Waals surface area contributed by atoms with Gasteiger partial charge in [-0.25, -0.2) is 4.79 Å². The fourth-order valence-electron chi connectivity index (χ4n) is 2.92. The fourth-order valence-corrected chi connectivity index (χ4v) is 2.92. The molecule has 23 heavy (non-hydrogen) atoms. The molecule has 2 fully saturated rings. The Labute approximate surface area is 134 Å². The van der Waals surface area contributed by atoms with E-state index in [1.54, 1.807) is 12.1 Å². The number of hydrogen-bond acceptors (Lipinski definition) is 3. The van der Waals surface area contributed by atoms with Crippen LogP contribution >= 0.6 is 0 Å². The second-order valence-corrected chi connectivity index (χ2v) is 6.27. The predicted molar refractivity (Wildman–Crippen MR) is 84.1 cm³/mol. The molecule has 1 aliphatic carbocycles. The Morgan fingerprint density at radius 2 is 1.74 bits per heavy atom. The van der Waals surface area contributed by atoms with Crippen LogP contribution in [0.2, 0.25) is 0 Å². The van der Waals surface area contributed by atoms with Gasteiger partial charge in [-0.05, 0) is 49.9 Å². The molecule has 0 bridgehead atoms. The van der Waals surface area contributed by atoms with Gasteiger partial charge < -0.3 is 15.3 Å². The molecular formula is C17H20N2O4. The van der Waals surface area contributed by atoms with Crippen molar-refractivity contribution < 1.29 is 19.5 Å². The van der Waals surface area contributed by atoms with Crippen LogP contribution < -0.4 is 5.32 Å². The van der Waals surface area contributed by atoms with Crippen molar-refractivity contribution in [3.8, 4) is 0 Å². The lowest BCUT2D eigenvalue weighted by Gasteiger charge is -2.32. The monoisotopic (exact) mass is 316 g/mol. The number of carbonyl (C=O) groups excluding carboxylic acids is 2. The number of benzene rings is 1. The van der Waals surface area contributed by atoms with Crippen LogP contribution in [0, 0.1) is 11.8 Å². The third-order valence-electron chi connectivity index (χ3n) is 4.43. The first-order valence-corrected chi connectivity index (χ1v) is 7.97. The van der Waals surface area contributed by atoms with E-state index in [-0.39, 0.29) is 29.2 Å². The summed E-state index contributed by atoms with van der Waals surface area (Å²) in [7, 11) is 0. The summed E-state index contributed by atoms with van der Waals surface area (Å²) in [5.41, 5.74) is 0.757. The molecule has 0 aromatic heterocycles. The van der Waals surface area contributed by atoms with Crippen molar-refractivity contribution in [3.05, 3.63) is 29.8 Å². The molecule has 2 N–H and O–H groups in total. The van der Waals surface area contributed by atoms with Crippen molar-refractivity contribution in [1.29, 1.82) is 0 Å². The maximum atomic E-state index is 12.4. The zero-order valence-electron chi connectivity index (χ0n) is 12.8. The number of carboxylic acids is 1. The zero-order valence-corrected chi connectivity index (χ0v) is 12.8. The van der Waals surface area contributed by atoms with E-state index in [4.69, 9.17) is 5.11 Å². The number of carbonyl (C=O) groups is 3. The van der Waals surface area contributed by atoms with Crippen molar-refractivity contribution >= 4 is 23.5 Å². The Balaban J connectivity index is 1.58. The van der Waals surface area contributed by atoms with Gasteiger partial charge in [0.15, 0.2) is 0 Å². The molecule has 2 amide bonds. The summed E-state index contributed by atoms with van der Waals surface area (Å²) in [6, 6.07) is 6.08. The average Bonchev–Trinajstić information content (AvgIpc) is 3.39. The molecule has 1 aromatic carbocycles. The Hall–Kier alpha value is -2.37. The van der Waals surface area contributed by atoms with Crippen molar-refractivity contribution in [1.82, 2.24) is 4.90 Å². The SMILES string of the molecule is O=C(O)c1ccc(NC(=O)C2CCCN(C(=O)C3CC3)C2)cc1. The molecular weight excluding hydrogens is 296 g/mol. The highest BCUT2D eigenvalue weighted by molar-refractivity contribution is 5.94. The summed E-state index contributed by atoms with van der Waals surface area (Å²) in [6.07, 6.45) is 3.56. The summed E-state index contributed by atoms with van der Waals surface area (Å²) in [6.45, 7) is 1.22. The van der Waals surface area contributed by atoms with E-state index < -0.39 is 5.97 Å². The van der Waals surface area contributed by atoms with Crippen LogP contribution in [0.3, 0.4) is 0 Å². The van der Waals surface area contributed by atoms with Gasteiger partial charge in [0.2, 0.25) is 11.8 Å². The lowest BCUT2D eigenvalue weighted by Crippen LogP contribution is -2.44. The van der Waals surface area contributed by atoms with Crippen LogP contribution in [0.25, 0.3) is 0 Å². The Morgan fingerprint density at radius 3 is 2.35 bits per heavy atom. The van der Waals surface area contributed by atoms with Gasteiger partial charge in [-0.3, -0.25) is 9.59 Å². The lowest BCUT2D eigenvalue weighted by molar-refractivity contribution is -0.135. The van der Waals surface area contributed by atoms with Gasteiger partial charge >= 0.3 is 5.97 Å². The minimum absolute atomic E-state index is 0.110. The number of aromatic carboxylic acids is 1. The van der Waals surface area contributed by atoms with Gasteiger partial charge in [0.05, 0.1) is 11.5 Å². The predicted octanol–water partition coefficient (Wildman–Crippen LogP) is 1.97. The first-order valence-electron chi connectivity index (χ1n) is 7.97. The minimum atomic E-state index is -0.996. The van der Waals surface area contributed by atoms with Gasteiger partial charge in [-0.15, -0.1) is 0 Å². The van der Waals surface area contributed by atoms with E-state index in [0.29, 0.717) is 12.2 Å². The maximum Gasteiger partial charge on any atom is 0.335 e. The molecule has 1 unspecified atom stereocenters. The van der Waals surface area contributed by atoms with Crippen LogP contribution in [0.15, 0.2) is 24.3 Å². The van der Waals surface area contributed by atoms with Gasteiger partial charge in [0, 0.05) is 24.7 Å². The van der Waals surface area contributed by atoms with Crippen molar-refractivity contribution in [2.75, 3.05) is 18.4 Å². The second kappa shape index (κ2) is 6.40. The first kappa shape index (κ1) is 15.5.